The normalized spacial score (nSPS) is 22.5. The van der Waals surface area contributed by atoms with E-state index in [1.54, 1.807) is 12.1 Å². The van der Waals surface area contributed by atoms with E-state index in [-0.39, 0.29) is 16.8 Å². The van der Waals surface area contributed by atoms with Gasteiger partial charge in [-0.15, -0.1) is 0 Å². The molecule has 1 aliphatic rings. The topological polar surface area (TPSA) is 66.5 Å². The second-order valence-electron chi connectivity index (χ2n) is 6.24. The van der Waals surface area contributed by atoms with Gasteiger partial charge in [-0.1, -0.05) is 6.92 Å². The number of nitrogens with zero attached hydrogens (tertiary/aromatic N) is 1. The quantitative estimate of drug-likeness (QED) is 0.924. The SMILES string of the molecule is CC1CCC(NC(=O)c2ccc(S(=O)(=O)N(C)C)cc2)CC1. The third kappa shape index (κ3) is 3.87. The highest BCUT2D eigenvalue weighted by Crippen LogP contribution is 2.23. The van der Waals surface area contributed by atoms with Gasteiger partial charge in [0.15, 0.2) is 0 Å². The smallest absolute Gasteiger partial charge is 0.251 e. The van der Waals surface area contributed by atoms with E-state index in [2.05, 4.69) is 12.2 Å². The molecule has 0 radical (unpaired) electrons. The zero-order valence-electron chi connectivity index (χ0n) is 13.4. The van der Waals surface area contributed by atoms with Gasteiger partial charge < -0.3 is 5.32 Å². The van der Waals surface area contributed by atoms with Crippen LogP contribution in [0.15, 0.2) is 29.2 Å². The van der Waals surface area contributed by atoms with Crippen LogP contribution in [0.2, 0.25) is 0 Å². The Kier molecular flexibility index (Phi) is 5.24. The maximum absolute atomic E-state index is 12.2. The van der Waals surface area contributed by atoms with Crippen molar-refractivity contribution in [2.24, 2.45) is 5.92 Å². The molecular weight excluding hydrogens is 300 g/mol. The largest absolute Gasteiger partial charge is 0.349 e. The van der Waals surface area contributed by atoms with Gasteiger partial charge in [-0.2, -0.15) is 0 Å². The van der Waals surface area contributed by atoms with Crippen LogP contribution in [0.5, 0.6) is 0 Å². The molecule has 122 valence electrons. The molecule has 0 aromatic heterocycles. The lowest BCUT2D eigenvalue weighted by molar-refractivity contribution is 0.0923. The lowest BCUT2D eigenvalue weighted by atomic mass is 9.87. The zero-order valence-corrected chi connectivity index (χ0v) is 14.2. The Bertz CT molecular complexity index is 615. The summed E-state index contributed by atoms with van der Waals surface area (Å²) in [6.45, 7) is 2.24. The maximum Gasteiger partial charge on any atom is 0.251 e. The Hall–Kier alpha value is -1.40. The Labute approximate surface area is 132 Å². The van der Waals surface area contributed by atoms with Crippen molar-refractivity contribution in [3.05, 3.63) is 29.8 Å². The Morgan fingerprint density at radius 3 is 2.14 bits per heavy atom. The Morgan fingerprint density at radius 2 is 1.64 bits per heavy atom. The summed E-state index contributed by atoms with van der Waals surface area (Å²) >= 11 is 0. The average Bonchev–Trinajstić information content (AvgIpc) is 2.49. The molecule has 2 rings (SSSR count). The molecule has 0 saturated heterocycles. The molecule has 1 aliphatic carbocycles. The summed E-state index contributed by atoms with van der Waals surface area (Å²) in [6, 6.07) is 6.32. The molecule has 1 saturated carbocycles. The second kappa shape index (κ2) is 6.79. The molecule has 5 nitrogen and oxygen atoms in total. The summed E-state index contributed by atoms with van der Waals surface area (Å²) in [7, 11) is -0.479. The molecule has 0 unspecified atom stereocenters. The molecular formula is C16H24N2O3S. The first-order valence-corrected chi connectivity index (χ1v) is 9.08. The molecule has 1 N–H and O–H groups in total. The van der Waals surface area contributed by atoms with Gasteiger partial charge in [0.2, 0.25) is 10.0 Å². The number of carbonyl (C=O) groups excluding carboxylic acids is 1. The number of hydrogen-bond acceptors (Lipinski definition) is 3. The van der Waals surface area contributed by atoms with Gasteiger partial charge in [0.25, 0.3) is 5.91 Å². The minimum atomic E-state index is -3.45. The fourth-order valence-electron chi connectivity index (χ4n) is 2.66. The van der Waals surface area contributed by atoms with E-state index in [1.807, 2.05) is 0 Å². The average molecular weight is 324 g/mol. The minimum Gasteiger partial charge on any atom is -0.349 e. The molecule has 1 amide bonds. The van der Waals surface area contributed by atoms with Gasteiger partial charge >= 0.3 is 0 Å². The first-order valence-electron chi connectivity index (χ1n) is 7.64. The fourth-order valence-corrected chi connectivity index (χ4v) is 3.56. The third-order valence-electron chi connectivity index (χ3n) is 4.25. The molecule has 0 aliphatic heterocycles. The molecule has 6 heteroatoms. The van der Waals surface area contributed by atoms with Crippen molar-refractivity contribution >= 4 is 15.9 Å². The molecule has 1 aromatic carbocycles. The first-order chi connectivity index (χ1) is 10.3. The number of carbonyl (C=O) groups is 1. The van der Waals surface area contributed by atoms with Gasteiger partial charge in [0, 0.05) is 25.7 Å². The van der Waals surface area contributed by atoms with Gasteiger partial charge in [0.1, 0.15) is 0 Å². The van der Waals surface area contributed by atoms with E-state index < -0.39 is 10.0 Å². The Balaban J connectivity index is 2.03. The number of sulfonamides is 1. The standard InChI is InChI=1S/C16H24N2O3S/c1-12-4-8-14(9-5-12)17-16(19)13-6-10-15(11-7-13)22(20,21)18(2)3/h6-7,10-12,14H,4-5,8-9H2,1-3H3,(H,17,19). The van der Waals surface area contributed by atoms with E-state index in [0.29, 0.717) is 5.56 Å². The van der Waals surface area contributed by atoms with E-state index in [9.17, 15) is 13.2 Å². The third-order valence-corrected chi connectivity index (χ3v) is 6.08. The molecule has 0 atom stereocenters. The van der Waals surface area contributed by atoms with Crippen molar-refractivity contribution in [2.75, 3.05) is 14.1 Å². The lowest BCUT2D eigenvalue weighted by Gasteiger charge is -2.26. The summed E-state index contributed by atoms with van der Waals surface area (Å²) in [4.78, 5) is 12.4. The van der Waals surface area contributed by atoms with Crippen molar-refractivity contribution in [3.63, 3.8) is 0 Å². The number of rotatable bonds is 4. The van der Waals surface area contributed by atoms with Crippen LogP contribution in [0, 0.1) is 5.92 Å². The predicted octanol–water partition coefficient (Wildman–Crippen LogP) is 2.25. The summed E-state index contributed by atoms with van der Waals surface area (Å²) in [5, 5.41) is 3.04. The van der Waals surface area contributed by atoms with Crippen molar-refractivity contribution in [1.82, 2.24) is 9.62 Å². The van der Waals surface area contributed by atoms with Crippen molar-refractivity contribution in [2.45, 2.75) is 43.5 Å². The number of amides is 1. The Morgan fingerprint density at radius 1 is 1.09 bits per heavy atom. The fraction of sp³-hybridized carbons (Fsp3) is 0.562. The monoisotopic (exact) mass is 324 g/mol. The lowest BCUT2D eigenvalue weighted by Crippen LogP contribution is -2.37. The highest BCUT2D eigenvalue weighted by molar-refractivity contribution is 7.89. The molecule has 0 spiro atoms. The maximum atomic E-state index is 12.2. The number of benzene rings is 1. The zero-order chi connectivity index (χ0) is 16.3. The first kappa shape index (κ1) is 17.0. The highest BCUT2D eigenvalue weighted by Gasteiger charge is 2.21. The molecule has 0 bridgehead atoms. The van der Waals surface area contributed by atoms with Crippen LogP contribution in [-0.4, -0.2) is 38.8 Å². The molecule has 1 fully saturated rings. The number of nitrogens with one attached hydrogen (secondary N) is 1. The van der Waals surface area contributed by atoms with Crippen LogP contribution >= 0.6 is 0 Å². The summed E-state index contributed by atoms with van der Waals surface area (Å²) in [5.74, 6) is 0.608. The van der Waals surface area contributed by atoms with Crippen LogP contribution in [0.4, 0.5) is 0 Å². The predicted molar refractivity (Wildman–Crippen MR) is 86.2 cm³/mol. The van der Waals surface area contributed by atoms with Gasteiger partial charge in [0.05, 0.1) is 4.90 Å². The van der Waals surface area contributed by atoms with Crippen LogP contribution in [-0.2, 0) is 10.0 Å². The minimum absolute atomic E-state index is 0.131. The highest BCUT2D eigenvalue weighted by atomic mass is 32.2. The van der Waals surface area contributed by atoms with Gasteiger partial charge in [-0.05, 0) is 55.9 Å². The van der Waals surface area contributed by atoms with E-state index in [0.717, 1.165) is 35.9 Å². The van der Waals surface area contributed by atoms with Crippen molar-refractivity contribution < 1.29 is 13.2 Å². The van der Waals surface area contributed by atoms with Crippen LogP contribution in [0.25, 0.3) is 0 Å². The second-order valence-corrected chi connectivity index (χ2v) is 8.39. The van der Waals surface area contributed by atoms with E-state index in [1.165, 1.54) is 26.2 Å². The summed E-state index contributed by atoms with van der Waals surface area (Å²) in [5.41, 5.74) is 0.497. The van der Waals surface area contributed by atoms with Crippen molar-refractivity contribution in [1.29, 1.82) is 0 Å². The summed E-state index contributed by atoms with van der Waals surface area (Å²) in [6.07, 6.45) is 4.32. The van der Waals surface area contributed by atoms with E-state index in [4.69, 9.17) is 0 Å². The molecule has 22 heavy (non-hydrogen) atoms. The number of hydrogen-bond donors (Lipinski definition) is 1. The van der Waals surface area contributed by atoms with Crippen LogP contribution in [0.3, 0.4) is 0 Å². The van der Waals surface area contributed by atoms with Crippen LogP contribution in [0.1, 0.15) is 43.0 Å². The van der Waals surface area contributed by atoms with Crippen LogP contribution < -0.4 is 5.32 Å². The van der Waals surface area contributed by atoms with E-state index >= 15 is 0 Å². The molecule has 0 heterocycles. The van der Waals surface area contributed by atoms with Crippen molar-refractivity contribution in [3.8, 4) is 0 Å². The van der Waals surface area contributed by atoms with Gasteiger partial charge in [-0.25, -0.2) is 12.7 Å². The summed E-state index contributed by atoms with van der Waals surface area (Å²) < 4.78 is 25.1. The molecule has 1 aromatic rings. The van der Waals surface area contributed by atoms with Gasteiger partial charge in [-0.3, -0.25) is 4.79 Å².